The van der Waals surface area contributed by atoms with Gasteiger partial charge < -0.3 is 4.90 Å². The summed E-state index contributed by atoms with van der Waals surface area (Å²) < 4.78 is 0. The Balaban J connectivity index is 1.84. The lowest BCUT2D eigenvalue weighted by atomic mass is 10.2. The summed E-state index contributed by atoms with van der Waals surface area (Å²) >= 11 is 1.32. The van der Waals surface area contributed by atoms with Crippen molar-refractivity contribution in [3.05, 3.63) is 41.6 Å². The first-order valence-electron chi connectivity index (χ1n) is 7.94. The Morgan fingerprint density at radius 1 is 1.25 bits per heavy atom. The third-order valence-electron chi connectivity index (χ3n) is 3.99. The van der Waals surface area contributed by atoms with Gasteiger partial charge in [0.25, 0.3) is 0 Å². The van der Waals surface area contributed by atoms with Crippen LogP contribution in [0.1, 0.15) is 24.1 Å². The molecular formula is C18H18N4OS. The molecule has 0 radical (unpaired) electrons. The summed E-state index contributed by atoms with van der Waals surface area (Å²) in [6.45, 7) is 3.48. The topological polar surface area (TPSA) is 69.9 Å². The number of nitrogens with zero attached hydrogens (tertiary/aromatic N) is 4. The van der Waals surface area contributed by atoms with Crippen LogP contribution in [0.3, 0.4) is 0 Å². The van der Waals surface area contributed by atoms with Crippen LogP contribution >= 0.6 is 11.8 Å². The Bertz CT molecular complexity index is 780. The number of aromatic nitrogens is 2. The summed E-state index contributed by atoms with van der Waals surface area (Å²) in [4.78, 5) is 23.1. The summed E-state index contributed by atoms with van der Waals surface area (Å²) in [5.74, 6) is 1.00. The largest absolute Gasteiger partial charge is 0.342 e. The SMILES string of the molecule is Cc1nc(-c2ccccc2)nc(SCC(=O)N2CCCC2)c1C#N. The van der Waals surface area contributed by atoms with Gasteiger partial charge in [-0.15, -0.1) is 0 Å². The molecule has 24 heavy (non-hydrogen) atoms. The molecule has 0 N–H and O–H groups in total. The first kappa shape index (κ1) is 16.5. The van der Waals surface area contributed by atoms with Crippen molar-refractivity contribution in [1.82, 2.24) is 14.9 Å². The van der Waals surface area contributed by atoms with E-state index in [9.17, 15) is 10.1 Å². The second-order valence-electron chi connectivity index (χ2n) is 5.67. The Morgan fingerprint density at radius 2 is 1.96 bits per heavy atom. The minimum atomic E-state index is 0.110. The number of carbonyl (C=O) groups excluding carboxylic acids is 1. The molecule has 122 valence electrons. The zero-order chi connectivity index (χ0) is 16.9. The van der Waals surface area contributed by atoms with Gasteiger partial charge in [0.15, 0.2) is 5.82 Å². The second kappa shape index (κ2) is 7.45. The molecule has 0 atom stereocenters. The first-order chi connectivity index (χ1) is 11.7. The van der Waals surface area contributed by atoms with Gasteiger partial charge >= 0.3 is 0 Å². The maximum Gasteiger partial charge on any atom is 0.232 e. The minimum absolute atomic E-state index is 0.110. The van der Waals surface area contributed by atoms with Crippen LogP contribution in [0.5, 0.6) is 0 Å². The fourth-order valence-electron chi connectivity index (χ4n) is 2.68. The van der Waals surface area contributed by atoms with Gasteiger partial charge in [-0.05, 0) is 19.8 Å². The highest BCUT2D eigenvalue weighted by atomic mass is 32.2. The van der Waals surface area contributed by atoms with Gasteiger partial charge in [0.05, 0.1) is 11.4 Å². The fraction of sp³-hybridized carbons (Fsp3) is 0.333. The lowest BCUT2D eigenvalue weighted by molar-refractivity contribution is -0.127. The predicted molar refractivity (Wildman–Crippen MR) is 93.5 cm³/mol. The Kier molecular flexibility index (Phi) is 5.11. The van der Waals surface area contributed by atoms with Crippen LogP contribution in [0.4, 0.5) is 0 Å². The summed E-state index contributed by atoms with van der Waals surface area (Å²) in [6, 6.07) is 11.8. The predicted octanol–water partition coefficient (Wildman–Crippen LogP) is 3.04. The molecule has 2 heterocycles. The average Bonchev–Trinajstić information content (AvgIpc) is 3.14. The van der Waals surface area contributed by atoms with Crippen LogP contribution < -0.4 is 0 Å². The van der Waals surface area contributed by atoms with E-state index in [-0.39, 0.29) is 5.91 Å². The van der Waals surface area contributed by atoms with Gasteiger partial charge in [0.1, 0.15) is 16.7 Å². The van der Waals surface area contributed by atoms with Crippen LogP contribution in [0.2, 0.25) is 0 Å². The fourth-order valence-corrected chi connectivity index (χ4v) is 3.62. The highest BCUT2D eigenvalue weighted by Crippen LogP contribution is 2.26. The van der Waals surface area contributed by atoms with Gasteiger partial charge in [-0.1, -0.05) is 42.1 Å². The van der Waals surface area contributed by atoms with E-state index in [0.29, 0.717) is 27.9 Å². The van der Waals surface area contributed by atoms with E-state index < -0.39 is 0 Å². The summed E-state index contributed by atoms with van der Waals surface area (Å²) in [5.41, 5.74) is 1.99. The maximum atomic E-state index is 12.2. The normalized spacial score (nSPS) is 13.8. The van der Waals surface area contributed by atoms with Crippen molar-refractivity contribution >= 4 is 17.7 Å². The monoisotopic (exact) mass is 338 g/mol. The molecule has 1 aliphatic heterocycles. The lowest BCUT2D eigenvalue weighted by Crippen LogP contribution is -2.29. The quantitative estimate of drug-likeness (QED) is 0.633. The number of likely N-dealkylation sites (tertiary alicyclic amines) is 1. The molecule has 6 heteroatoms. The lowest BCUT2D eigenvalue weighted by Gasteiger charge is -2.15. The maximum absolute atomic E-state index is 12.2. The smallest absolute Gasteiger partial charge is 0.232 e. The third kappa shape index (κ3) is 3.57. The van der Waals surface area contributed by atoms with Crippen molar-refractivity contribution < 1.29 is 4.79 Å². The number of rotatable bonds is 4. The van der Waals surface area contributed by atoms with E-state index in [1.54, 1.807) is 6.92 Å². The number of hydrogen-bond acceptors (Lipinski definition) is 5. The molecule has 3 rings (SSSR count). The summed E-state index contributed by atoms with van der Waals surface area (Å²) in [7, 11) is 0. The number of thioether (sulfide) groups is 1. The van der Waals surface area contributed by atoms with Crippen molar-refractivity contribution in [3.8, 4) is 17.5 Å². The van der Waals surface area contributed by atoms with Crippen LogP contribution in [0, 0.1) is 18.3 Å². The van der Waals surface area contributed by atoms with Gasteiger partial charge in [-0.3, -0.25) is 4.79 Å². The third-order valence-corrected chi connectivity index (χ3v) is 4.95. The molecule has 1 aromatic carbocycles. The zero-order valence-electron chi connectivity index (χ0n) is 13.5. The minimum Gasteiger partial charge on any atom is -0.342 e. The molecule has 5 nitrogen and oxygen atoms in total. The molecule has 1 saturated heterocycles. The van der Waals surface area contributed by atoms with Crippen LogP contribution in [0.25, 0.3) is 11.4 Å². The van der Waals surface area contributed by atoms with Crippen molar-refractivity contribution in [1.29, 1.82) is 5.26 Å². The molecule has 1 amide bonds. The van der Waals surface area contributed by atoms with Crippen LogP contribution in [-0.4, -0.2) is 39.6 Å². The van der Waals surface area contributed by atoms with Crippen molar-refractivity contribution in [3.63, 3.8) is 0 Å². The van der Waals surface area contributed by atoms with Crippen LogP contribution in [0.15, 0.2) is 35.4 Å². The van der Waals surface area contributed by atoms with E-state index in [4.69, 9.17) is 0 Å². The Morgan fingerprint density at radius 3 is 2.62 bits per heavy atom. The highest BCUT2D eigenvalue weighted by Gasteiger charge is 2.20. The van der Waals surface area contributed by atoms with Crippen LogP contribution in [-0.2, 0) is 4.79 Å². The van der Waals surface area contributed by atoms with Gasteiger partial charge in [0.2, 0.25) is 5.91 Å². The zero-order valence-corrected chi connectivity index (χ0v) is 14.3. The summed E-state index contributed by atoms with van der Waals surface area (Å²) in [6.07, 6.45) is 2.15. The van der Waals surface area contributed by atoms with E-state index >= 15 is 0 Å². The highest BCUT2D eigenvalue weighted by molar-refractivity contribution is 8.00. The van der Waals surface area contributed by atoms with Crippen molar-refractivity contribution in [2.24, 2.45) is 0 Å². The van der Waals surface area contributed by atoms with E-state index in [1.165, 1.54) is 11.8 Å². The van der Waals surface area contributed by atoms with E-state index in [1.807, 2.05) is 35.2 Å². The molecule has 1 fully saturated rings. The van der Waals surface area contributed by atoms with Crippen molar-refractivity contribution in [2.75, 3.05) is 18.8 Å². The summed E-state index contributed by atoms with van der Waals surface area (Å²) in [5, 5.41) is 9.98. The standard InChI is InChI=1S/C18H18N4OS/c1-13-15(11-19)18(24-12-16(23)22-9-5-6-10-22)21-17(20-13)14-7-3-2-4-8-14/h2-4,7-8H,5-6,9-10,12H2,1H3. The van der Waals surface area contributed by atoms with E-state index in [2.05, 4.69) is 16.0 Å². The number of aryl methyl sites for hydroxylation is 1. The molecule has 0 unspecified atom stereocenters. The molecular weight excluding hydrogens is 320 g/mol. The van der Waals surface area contributed by atoms with Crippen molar-refractivity contribution in [2.45, 2.75) is 24.8 Å². The number of nitriles is 1. The van der Waals surface area contributed by atoms with Gasteiger partial charge in [-0.25, -0.2) is 9.97 Å². The second-order valence-corrected chi connectivity index (χ2v) is 6.63. The van der Waals surface area contributed by atoms with E-state index in [0.717, 1.165) is 31.5 Å². The van der Waals surface area contributed by atoms with Gasteiger partial charge in [0, 0.05) is 18.7 Å². The molecule has 0 bridgehead atoms. The molecule has 1 aliphatic rings. The number of carbonyl (C=O) groups is 1. The molecule has 2 aromatic rings. The van der Waals surface area contributed by atoms with Gasteiger partial charge in [-0.2, -0.15) is 5.26 Å². The Labute approximate surface area is 145 Å². The molecule has 0 saturated carbocycles. The number of benzene rings is 1. The molecule has 1 aromatic heterocycles. The molecule has 0 spiro atoms. The number of amides is 1. The molecule has 0 aliphatic carbocycles. The Hall–Kier alpha value is -2.39. The first-order valence-corrected chi connectivity index (χ1v) is 8.92. The number of hydrogen-bond donors (Lipinski definition) is 0. The average molecular weight is 338 g/mol.